The quantitative estimate of drug-likeness (QED) is 0.812. The summed E-state index contributed by atoms with van der Waals surface area (Å²) in [5.41, 5.74) is 0.430. The second kappa shape index (κ2) is 5.26. The first-order chi connectivity index (χ1) is 8.69. The van der Waals surface area contributed by atoms with E-state index in [1.807, 2.05) is 0 Å². The minimum Gasteiger partial charge on any atom is -0.465 e. The van der Waals surface area contributed by atoms with Crippen molar-refractivity contribution in [3.8, 4) is 0 Å². The van der Waals surface area contributed by atoms with E-state index in [-0.39, 0.29) is 0 Å². The molecule has 2 aromatic rings. The Hall–Kier alpha value is -2.44. The summed E-state index contributed by atoms with van der Waals surface area (Å²) < 4.78 is 9.46. The standard InChI is InChI=1S/C11H12N4O3/c1-7-14-10(15-18-7)6-13-9-5-8(3-4-12-9)11(16)17-2/h3-5H,6H2,1-2H3,(H,12,13). The summed E-state index contributed by atoms with van der Waals surface area (Å²) in [7, 11) is 1.33. The van der Waals surface area contributed by atoms with Gasteiger partial charge in [0.2, 0.25) is 5.89 Å². The number of methoxy groups -OCH3 is 1. The molecule has 0 saturated heterocycles. The predicted molar refractivity (Wildman–Crippen MR) is 61.9 cm³/mol. The number of aromatic nitrogens is 3. The van der Waals surface area contributed by atoms with Crippen LogP contribution < -0.4 is 5.32 Å². The van der Waals surface area contributed by atoms with Gasteiger partial charge in [-0.3, -0.25) is 0 Å². The SMILES string of the molecule is COC(=O)c1ccnc(NCc2noc(C)n2)c1. The van der Waals surface area contributed by atoms with Crippen LogP contribution in [-0.4, -0.2) is 28.2 Å². The van der Waals surface area contributed by atoms with Gasteiger partial charge < -0.3 is 14.6 Å². The third-order valence-electron chi connectivity index (χ3n) is 2.18. The molecule has 94 valence electrons. The number of hydrogen-bond acceptors (Lipinski definition) is 7. The summed E-state index contributed by atoms with van der Waals surface area (Å²) in [5, 5.41) is 6.73. The maximum atomic E-state index is 11.3. The Bertz CT molecular complexity index is 553. The van der Waals surface area contributed by atoms with E-state index < -0.39 is 5.97 Å². The summed E-state index contributed by atoms with van der Waals surface area (Å²) in [6, 6.07) is 3.17. The number of carbonyl (C=O) groups is 1. The van der Waals surface area contributed by atoms with Crippen LogP contribution in [0, 0.1) is 6.92 Å². The average Bonchev–Trinajstić information content (AvgIpc) is 2.81. The van der Waals surface area contributed by atoms with Crippen LogP contribution in [0.5, 0.6) is 0 Å². The highest BCUT2D eigenvalue weighted by Crippen LogP contribution is 2.09. The molecular weight excluding hydrogens is 236 g/mol. The largest absolute Gasteiger partial charge is 0.465 e. The number of ether oxygens (including phenoxy) is 1. The van der Waals surface area contributed by atoms with Crippen LogP contribution in [0.3, 0.4) is 0 Å². The van der Waals surface area contributed by atoms with Crippen LogP contribution >= 0.6 is 0 Å². The first-order valence-corrected chi connectivity index (χ1v) is 5.26. The summed E-state index contributed by atoms with van der Waals surface area (Å²) in [6.45, 7) is 2.08. The molecule has 0 spiro atoms. The number of esters is 1. The van der Waals surface area contributed by atoms with Gasteiger partial charge in [0, 0.05) is 13.1 Å². The molecule has 0 aliphatic rings. The van der Waals surface area contributed by atoms with Gasteiger partial charge in [-0.2, -0.15) is 4.98 Å². The Kier molecular flexibility index (Phi) is 3.52. The number of nitrogens with one attached hydrogen (secondary N) is 1. The molecular formula is C11H12N4O3. The lowest BCUT2D eigenvalue weighted by Crippen LogP contribution is -2.06. The maximum absolute atomic E-state index is 11.3. The van der Waals surface area contributed by atoms with Gasteiger partial charge in [-0.15, -0.1) is 0 Å². The van der Waals surface area contributed by atoms with Crippen molar-refractivity contribution >= 4 is 11.8 Å². The van der Waals surface area contributed by atoms with E-state index >= 15 is 0 Å². The minimum atomic E-state index is -0.407. The zero-order valence-electron chi connectivity index (χ0n) is 10.0. The fraction of sp³-hybridized carbons (Fsp3) is 0.273. The van der Waals surface area contributed by atoms with Crippen molar-refractivity contribution in [3.63, 3.8) is 0 Å². The highest BCUT2D eigenvalue weighted by molar-refractivity contribution is 5.89. The molecule has 7 heteroatoms. The third kappa shape index (κ3) is 2.82. The molecule has 1 N–H and O–H groups in total. The van der Waals surface area contributed by atoms with Crippen molar-refractivity contribution in [2.75, 3.05) is 12.4 Å². The smallest absolute Gasteiger partial charge is 0.338 e. The van der Waals surface area contributed by atoms with Gasteiger partial charge in [0.05, 0.1) is 19.2 Å². The zero-order chi connectivity index (χ0) is 13.0. The van der Waals surface area contributed by atoms with Crippen molar-refractivity contribution < 1.29 is 14.1 Å². The third-order valence-corrected chi connectivity index (χ3v) is 2.18. The molecule has 2 aromatic heterocycles. The number of anilines is 1. The normalized spacial score (nSPS) is 10.1. The molecule has 0 aliphatic heterocycles. The van der Waals surface area contributed by atoms with E-state index in [0.717, 1.165) is 0 Å². The van der Waals surface area contributed by atoms with E-state index in [0.29, 0.717) is 29.6 Å². The molecule has 18 heavy (non-hydrogen) atoms. The van der Waals surface area contributed by atoms with Gasteiger partial charge in [-0.05, 0) is 12.1 Å². The number of carbonyl (C=O) groups excluding carboxylic acids is 1. The molecule has 0 fully saturated rings. The molecule has 0 bridgehead atoms. The van der Waals surface area contributed by atoms with E-state index in [9.17, 15) is 4.79 Å². The maximum Gasteiger partial charge on any atom is 0.338 e. The molecule has 0 aliphatic carbocycles. The van der Waals surface area contributed by atoms with Crippen LogP contribution in [0.15, 0.2) is 22.9 Å². The van der Waals surface area contributed by atoms with E-state index in [1.54, 1.807) is 19.1 Å². The lowest BCUT2D eigenvalue weighted by molar-refractivity contribution is 0.0600. The summed E-state index contributed by atoms with van der Waals surface area (Å²) in [5.74, 6) is 1.16. The van der Waals surface area contributed by atoms with Gasteiger partial charge >= 0.3 is 5.97 Å². The van der Waals surface area contributed by atoms with E-state index in [2.05, 4.69) is 25.2 Å². The Morgan fingerprint density at radius 2 is 2.39 bits per heavy atom. The van der Waals surface area contributed by atoms with Gasteiger partial charge in [0.25, 0.3) is 0 Å². The molecule has 2 rings (SSSR count). The number of hydrogen-bond donors (Lipinski definition) is 1. The average molecular weight is 248 g/mol. The number of nitrogens with zero attached hydrogens (tertiary/aromatic N) is 3. The van der Waals surface area contributed by atoms with Crippen molar-refractivity contribution in [2.24, 2.45) is 0 Å². The monoisotopic (exact) mass is 248 g/mol. The van der Waals surface area contributed by atoms with Crippen molar-refractivity contribution in [2.45, 2.75) is 13.5 Å². The molecule has 0 saturated carbocycles. The Morgan fingerprint density at radius 1 is 1.56 bits per heavy atom. The van der Waals surface area contributed by atoms with Crippen LogP contribution in [-0.2, 0) is 11.3 Å². The van der Waals surface area contributed by atoms with Crippen molar-refractivity contribution in [1.82, 2.24) is 15.1 Å². The van der Waals surface area contributed by atoms with Crippen molar-refractivity contribution in [1.29, 1.82) is 0 Å². The molecule has 2 heterocycles. The summed E-state index contributed by atoms with van der Waals surface area (Å²) in [4.78, 5) is 19.4. The number of pyridine rings is 1. The van der Waals surface area contributed by atoms with Crippen LogP contribution in [0.4, 0.5) is 5.82 Å². The molecule has 0 amide bonds. The highest BCUT2D eigenvalue weighted by atomic mass is 16.5. The van der Waals surface area contributed by atoms with Crippen LogP contribution in [0.2, 0.25) is 0 Å². The Balaban J connectivity index is 2.03. The zero-order valence-corrected chi connectivity index (χ0v) is 10.0. The molecule has 0 aromatic carbocycles. The van der Waals surface area contributed by atoms with Crippen molar-refractivity contribution in [3.05, 3.63) is 35.6 Å². The molecule has 0 radical (unpaired) electrons. The molecule has 0 unspecified atom stereocenters. The number of rotatable bonds is 4. The van der Waals surface area contributed by atoms with Gasteiger partial charge in [-0.1, -0.05) is 5.16 Å². The number of aryl methyl sites for hydroxylation is 1. The summed E-state index contributed by atoms with van der Waals surface area (Å²) >= 11 is 0. The first-order valence-electron chi connectivity index (χ1n) is 5.26. The van der Waals surface area contributed by atoms with E-state index in [1.165, 1.54) is 13.3 Å². The highest BCUT2D eigenvalue weighted by Gasteiger charge is 2.07. The lowest BCUT2D eigenvalue weighted by atomic mass is 10.2. The first kappa shape index (κ1) is 12.0. The van der Waals surface area contributed by atoms with E-state index in [4.69, 9.17) is 4.52 Å². The van der Waals surface area contributed by atoms with Crippen LogP contribution in [0.25, 0.3) is 0 Å². The summed E-state index contributed by atoms with van der Waals surface area (Å²) in [6.07, 6.45) is 1.52. The fourth-order valence-corrected chi connectivity index (χ4v) is 1.35. The Morgan fingerprint density at radius 3 is 3.06 bits per heavy atom. The second-order valence-corrected chi connectivity index (χ2v) is 3.50. The molecule has 0 atom stereocenters. The Labute approximate surface area is 103 Å². The van der Waals surface area contributed by atoms with Gasteiger partial charge in [0.1, 0.15) is 5.82 Å². The minimum absolute atomic E-state index is 0.370. The second-order valence-electron chi connectivity index (χ2n) is 3.50. The van der Waals surface area contributed by atoms with Crippen LogP contribution in [0.1, 0.15) is 22.1 Å². The predicted octanol–water partition coefficient (Wildman–Crippen LogP) is 1.17. The topological polar surface area (TPSA) is 90.1 Å². The van der Waals surface area contributed by atoms with Gasteiger partial charge in [0.15, 0.2) is 5.82 Å². The molecule has 7 nitrogen and oxygen atoms in total. The fourth-order valence-electron chi connectivity index (χ4n) is 1.35. The van der Waals surface area contributed by atoms with Gasteiger partial charge in [-0.25, -0.2) is 9.78 Å². The lowest BCUT2D eigenvalue weighted by Gasteiger charge is -2.04.